The Morgan fingerprint density at radius 1 is 1.03 bits per heavy atom. The van der Waals surface area contributed by atoms with E-state index in [0.717, 1.165) is 5.69 Å². The van der Waals surface area contributed by atoms with Gasteiger partial charge in [0, 0.05) is 35.5 Å². The molecule has 1 heterocycles. The van der Waals surface area contributed by atoms with Crippen LogP contribution < -0.4 is 15.4 Å². The molecule has 1 aromatic heterocycles. The summed E-state index contributed by atoms with van der Waals surface area (Å²) in [4.78, 5) is 8.74. The normalized spacial score (nSPS) is 11.2. The number of aliphatic hydroxyl groups excluding tert-OH is 1. The van der Waals surface area contributed by atoms with Crippen LogP contribution in [0.3, 0.4) is 0 Å². The van der Waals surface area contributed by atoms with Gasteiger partial charge < -0.3 is 20.5 Å². The second kappa shape index (κ2) is 9.64. The Balaban J connectivity index is 1.93. The zero-order valence-corrected chi connectivity index (χ0v) is 16.3. The largest absolute Gasteiger partial charge is 0.573 e. The molecule has 10 heteroatoms. The summed E-state index contributed by atoms with van der Waals surface area (Å²) in [6.45, 7) is 0.428. The van der Waals surface area contributed by atoms with E-state index < -0.39 is 6.36 Å². The van der Waals surface area contributed by atoms with E-state index in [2.05, 4.69) is 25.3 Å². The second-order valence-corrected chi connectivity index (χ2v) is 6.61. The summed E-state index contributed by atoms with van der Waals surface area (Å²) in [7, 11) is 0. The quantitative estimate of drug-likeness (QED) is 0.418. The molecule has 0 saturated heterocycles. The SMILES string of the molecule is OCCCNc1nc(Nc2ccc(Cl)cc2)cc(-c2cccc(OC(F)(F)F)c2)n1. The minimum Gasteiger partial charge on any atom is -0.406 e. The van der Waals surface area contributed by atoms with Gasteiger partial charge >= 0.3 is 6.36 Å². The van der Waals surface area contributed by atoms with Crippen LogP contribution in [0.5, 0.6) is 5.75 Å². The van der Waals surface area contributed by atoms with Gasteiger partial charge in [-0.15, -0.1) is 13.2 Å². The van der Waals surface area contributed by atoms with Crippen molar-refractivity contribution < 1.29 is 23.0 Å². The van der Waals surface area contributed by atoms with Gasteiger partial charge in [-0.3, -0.25) is 0 Å². The monoisotopic (exact) mass is 438 g/mol. The van der Waals surface area contributed by atoms with Crippen molar-refractivity contribution in [3.05, 3.63) is 59.6 Å². The third kappa shape index (κ3) is 6.50. The Labute approximate surface area is 175 Å². The standard InChI is InChI=1S/C20H18ClF3N4O2/c21-14-5-7-15(8-6-14)26-18-12-17(27-19(28-18)25-9-2-10-29)13-3-1-4-16(11-13)30-20(22,23)24/h1,3-8,11-12,29H,2,9-10H2,(H2,25,26,27,28). The summed E-state index contributed by atoms with van der Waals surface area (Å²) < 4.78 is 41.6. The van der Waals surface area contributed by atoms with Crippen molar-refractivity contribution in [1.82, 2.24) is 9.97 Å². The van der Waals surface area contributed by atoms with Gasteiger partial charge in [-0.05, 0) is 42.8 Å². The van der Waals surface area contributed by atoms with Crippen molar-refractivity contribution in [3.8, 4) is 17.0 Å². The lowest BCUT2D eigenvalue weighted by Crippen LogP contribution is -2.17. The fraction of sp³-hybridized carbons (Fsp3) is 0.200. The predicted molar refractivity (Wildman–Crippen MR) is 109 cm³/mol. The van der Waals surface area contributed by atoms with Gasteiger partial charge in [0.1, 0.15) is 11.6 Å². The molecule has 3 N–H and O–H groups in total. The lowest BCUT2D eigenvalue weighted by atomic mass is 10.1. The van der Waals surface area contributed by atoms with E-state index >= 15 is 0 Å². The Bertz CT molecular complexity index is 985. The molecular weight excluding hydrogens is 421 g/mol. The molecule has 0 atom stereocenters. The lowest BCUT2D eigenvalue weighted by Gasteiger charge is -2.13. The highest BCUT2D eigenvalue weighted by atomic mass is 35.5. The first kappa shape index (κ1) is 21.7. The van der Waals surface area contributed by atoms with E-state index in [4.69, 9.17) is 16.7 Å². The fourth-order valence-corrected chi connectivity index (χ4v) is 2.68. The Morgan fingerprint density at radius 2 is 1.80 bits per heavy atom. The van der Waals surface area contributed by atoms with Crippen LogP contribution in [0.2, 0.25) is 5.02 Å². The van der Waals surface area contributed by atoms with Crippen LogP contribution in [0.4, 0.5) is 30.6 Å². The zero-order chi connectivity index (χ0) is 21.6. The molecule has 0 bridgehead atoms. The third-order valence-corrected chi connectivity index (χ3v) is 4.08. The first-order valence-corrected chi connectivity index (χ1v) is 9.33. The maximum absolute atomic E-state index is 12.5. The first-order chi connectivity index (χ1) is 14.3. The van der Waals surface area contributed by atoms with Gasteiger partial charge in [0.25, 0.3) is 0 Å². The summed E-state index contributed by atoms with van der Waals surface area (Å²) in [6.07, 6.45) is -4.30. The summed E-state index contributed by atoms with van der Waals surface area (Å²) >= 11 is 5.90. The summed E-state index contributed by atoms with van der Waals surface area (Å²) in [5.41, 5.74) is 1.53. The number of ether oxygens (including phenoxy) is 1. The van der Waals surface area contributed by atoms with Crippen LogP contribution in [-0.2, 0) is 0 Å². The molecule has 6 nitrogen and oxygen atoms in total. The first-order valence-electron chi connectivity index (χ1n) is 8.95. The van der Waals surface area contributed by atoms with Crippen LogP contribution in [-0.4, -0.2) is 34.6 Å². The number of hydrogen-bond donors (Lipinski definition) is 3. The number of rotatable bonds is 8. The van der Waals surface area contributed by atoms with Gasteiger partial charge in [0.2, 0.25) is 5.95 Å². The molecule has 3 rings (SSSR count). The van der Waals surface area contributed by atoms with Crippen molar-refractivity contribution in [3.63, 3.8) is 0 Å². The molecule has 0 radical (unpaired) electrons. The molecule has 0 aliphatic rings. The smallest absolute Gasteiger partial charge is 0.406 e. The number of anilines is 3. The highest BCUT2D eigenvalue weighted by Gasteiger charge is 2.31. The highest BCUT2D eigenvalue weighted by molar-refractivity contribution is 6.30. The van der Waals surface area contributed by atoms with Crippen LogP contribution >= 0.6 is 11.6 Å². The molecule has 3 aromatic rings. The van der Waals surface area contributed by atoms with E-state index in [1.807, 2.05) is 0 Å². The number of benzene rings is 2. The van der Waals surface area contributed by atoms with Gasteiger partial charge in [-0.2, -0.15) is 4.98 Å². The topological polar surface area (TPSA) is 79.3 Å². The summed E-state index contributed by atoms with van der Waals surface area (Å²) in [5, 5.41) is 15.6. The molecule has 2 aromatic carbocycles. The molecule has 0 aliphatic heterocycles. The maximum atomic E-state index is 12.5. The number of nitrogens with zero attached hydrogens (tertiary/aromatic N) is 2. The van der Waals surface area contributed by atoms with Crippen molar-refractivity contribution >= 4 is 29.1 Å². The highest BCUT2D eigenvalue weighted by Crippen LogP contribution is 2.29. The Morgan fingerprint density at radius 3 is 2.50 bits per heavy atom. The average Bonchev–Trinajstić information content (AvgIpc) is 2.69. The van der Waals surface area contributed by atoms with E-state index in [0.29, 0.717) is 35.1 Å². The van der Waals surface area contributed by atoms with E-state index in [-0.39, 0.29) is 18.3 Å². The second-order valence-electron chi connectivity index (χ2n) is 6.17. The third-order valence-electron chi connectivity index (χ3n) is 3.82. The lowest BCUT2D eigenvalue weighted by molar-refractivity contribution is -0.274. The van der Waals surface area contributed by atoms with Gasteiger partial charge in [0.15, 0.2) is 0 Å². The van der Waals surface area contributed by atoms with E-state index in [9.17, 15) is 13.2 Å². The molecule has 0 spiro atoms. The van der Waals surface area contributed by atoms with E-state index in [1.54, 1.807) is 36.4 Å². The predicted octanol–water partition coefficient (Wildman–Crippen LogP) is 5.23. The number of aromatic nitrogens is 2. The van der Waals surface area contributed by atoms with Gasteiger partial charge in [-0.25, -0.2) is 4.98 Å². The number of aliphatic hydroxyl groups is 1. The number of alkyl halides is 3. The van der Waals surface area contributed by atoms with Crippen LogP contribution in [0, 0.1) is 0 Å². The Hall–Kier alpha value is -3.04. The number of halogens is 4. The van der Waals surface area contributed by atoms with Crippen LogP contribution in [0.25, 0.3) is 11.3 Å². The van der Waals surface area contributed by atoms with Crippen LogP contribution in [0.15, 0.2) is 54.6 Å². The van der Waals surface area contributed by atoms with Gasteiger partial charge in [0.05, 0.1) is 5.69 Å². The number of hydrogen-bond acceptors (Lipinski definition) is 6. The summed E-state index contributed by atoms with van der Waals surface area (Å²) in [5.74, 6) is 0.344. The minimum absolute atomic E-state index is 0.000596. The minimum atomic E-state index is -4.79. The molecular formula is C20H18ClF3N4O2. The molecule has 158 valence electrons. The molecule has 0 unspecified atom stereocenters. The van der Waals surface area contributed by atoms with E-state index in [1.165, 1.54) is 18.2 Å². The molecule has 0 saturated carbocycles. The molecule has 0 aliphatic carbocycles. The fourth-order valence-electron chi connectivity index (χ4n) is 2.55. The number of nitrogens with one attached hydrogen (secondary N) is 2. The Kier molecular flexibility index (Phi) is 6.96. The zero-order valence-electron chi connectivity index (χ0n) is 15.6. The van der Waals surface area contributed by atoms with Crippen LogP contribution in [0.1, 0.15) is 6.42 Å². The molecule has 0 amide bonds. The van der Waals surface area contributed by atoms with Crippen molar-refractivity contribution in [2.75, 3.05) is 23.8 Å². The molecule has 30 heavy (non-hydrogen) atoms. The average molecular weight is 439 g/mol. The van der Waals surface area contributed by atoms with Crippen molar-refractivity contribution in [2.45, 2.75) is 12.8 Å². The van der Waals surface area contributed by atoms with Crippen molar-refractivity contribution in [2.24, 2.45) is 0 Å². The summed E-state index contributed by atoms with van der Waals surface area (Å²) in [6, 6.07) is 14.1. The van der Waals surface area contributed by atoms with Crippen molar-refractivity contribution in [1.29, 1.82) is 0 Å². The molecule has 0 fully saturated rings. The van der Waals surface area contributed by atoms with Gasteiger partial charge in [-0.1, -0.05) is 23.7 Å². The maximum Gasteiger partial charge on any atom is 0.573 e.